The summed E-state index contributed by atoms with van der Waals surface area (Å²) in [5.41, 5.74) is 0.862. The van der Waals surface area contributed by atoms with Crippen LogP contribution in [0.5, 0.6) is 0 Å². The largest absolute Gasteiger partial charge is 0.300 e. The highest BCUT2D eigenvalue weighted by atomic mass is 35.5. The van der Waals surface area contributed by atoms with Gasteiger partial charge in [0.25, 0.3) is 0 Å². The van der Waals surface area contributed by atoms with Gasteiger partial charge in [-0.1, -0.05) is 43.6 Å². The average Bonchev–Trinajstić information content (AvgIpc) is 2.02. The van der Waals surface area contributed by atoms with Crippen LogP contribution in [0.25, 0.3) is 0 Å². The first-order chi connectivity index (χ1) is 6.43. The van der Waals surface area contributed by atoms with Crippen molar-refractivity contribution in [3.63, 3.8) is 0 Å². The second-order valence-corrected chi connectivity index (χ2v) is 4.65. The van der Waals surface area contributed by atoms with Crippen molar-refractivity contribution in [1.82, 2.24) is 0 Å². The fourth-order valence-corrected chi connectivity index (χ4v) is 2.12. The minimum atomic E-state index is -0.176. The topological polar surface area (TPSA) is 17.1 Å². The Labute approximate surface area is 90.1 Å². The van der Waals surface area contributed by atoms with Crippen LogP contribution in [-0.4, -0.2) is 5.78 Å². The molecule has 0 fully saturated rings. The summed E-state index contributed by atoms with van der Waals surface area (Å²) in [4.78, 5) is 11.1. The van der Waals surface area contributed by atoms with E-state index in [9.17, 15) is 4.79 Å². The van der Waals surface area contributed by atoms with Crippen LogP contribution in [0.2, 0.25) is 5.02 Å². The van der Waals surface area contributed by atoms with Gasteiger partial charge in [0.15, 0.2) is 0 Å². The van der Waals surface area contributed by atoms with Crippen molar-refractivity contribution in [2.75, 3.05) is 0 Å². The van der Waals surface area contributed by atoms with Crippen molar-refractivity contribution < 1.29 is 4.79 Å². The molecule has 1 aromatic rings. The molecule has 14 heavy (non-hydrogen) atoms. The Morgan fingerprint density at radius 3 is 2.43 bits per heavy atom. The summed E-state index contributed by atoms with van der Waals surface area (Å²) in [6.45, 7) is 5.68. The van der Waals surface area contributed by atoms with Crippen LogP contribution >= 0.6 is 11.6 Å². The smallest absolute Gasteiger partial charge is 0.130 e. The predicted molar refractivity (Wildman–Crippen MR) is 59.8 cm³/mol. The Hall–Kier alpha value is -0.820. The van der Waals surface area contributed by atoms with E-state index in [-0.39, 0.29) is 11.2 Å². The summed E-state index contributed by atoms with van der Waals surface area (Å²) in [5.74, 6) is 0.190. The minimum Gasteiger partial charge on any atom is -0.300 e. The van der Waals surface area contributed by atoms with Gasteiger partial charge in [-0.2, -0.15) is 0 Å². The zero-order valence-electron chi connectivity index (χ0n) is 8.80. The number of carbonyl (C=O) groups is 1. The number of Topliss-reactive ketones (excluding diaryl/α,β-unsaturated/α-hetero) is 1. The van der Waals surface area contributed by atoms with Crippen LogP contribution in [0.3, 0.4) is 0 Å². The van der Waals surface area contributed by atoms with E-state index in [1.807, 2.05) is 38.1 Å². The van der Waals surface area contributed by atoms with Crippen molar-refractivity contribution in [3.8, 4) is 0 Å². The lowest BCUT2D eigenvalue weighted by atomic mass is 9.80. The van der Waals surface area contributed by atoms with Crippen molar-refractivity contribution in [3.05, 3.63) is 34.9 Å². The highest BCUT2D eigenvalue weighted by molar-refractivity contribution is 6.31. The molecule has 0 aliphatic rings. The molecule has 0 radical (unpaired) electrons. The van der Waals surface area contributed by atoms with Crippen molar-refractivity contribution in [1.29, 1.82) is 0 Å². The summed E-state index contributed by atoms with van der Waals surface area (Å²) in [6, 6.07) is 7.68. The number of halogens is 1. The second kappa shape index (κ2) is 4.14. The number of hydrogen-bond acceptors (Lipinski definition) is 1. The molecule has 76 valence electrons. The van der Waals surface area contributed by atoms with Gasteiger partial charge in [-0.3, -0.25) is 4.79 Å². The number of benzene rings is 1. The molecule has 2 heteroatoms. The first-order valence-corrected chi connectivity index (χ1v) is 5.06. The van der Waals surface area contributed by atoms with E-state index in [4.69, 9.17) is 11.6 Å². The molecule has 1 nitrogen and oxygen atoms in total. The molecule has 0 atom stereocenters. The van der Waals surface area contributed by atoms with Gasteiger partial charge in [0.2, 0.25) is 0 Å². The average molecular weight is 211 g/mol. The molecule has 0 saturated heterocycles. The quantitative estimate of drug-likeness (QED) is 0.745. The molecule has 0 aliphatic carbocycles. The van der Waals surface area contributed by atoms with Crippen LogP contribution < -0.4 is 0 Å². The lowest BCUT2D eigenvalue weighted by molar-refractivity contribution is -0.118. The summed E-state index contributed by atoms with van der Waals surface area (Å²) in [7, 11) is 0. The molecule has 0 amide bonds. The Kier molecular flexibility index (Phi) is 3.33. The van der Waals surface area contributed by atoms with Gasteiger partial charge in [0.1, 0.15) is 5.78 Å². The normalized spacial score (nSPS) is 11.4. The van der Waals surface area contributed by atoms with Crippen molar-refractivity contribution in [2.24, 2.45) is 0 Å². The molecule has 0 N–H and O–H groups in total. The third-order valence-corrected chi connectivity index (χ3v) is 2.62. The lowest BCUT2D eigenvalue weighted by Crippen LogP contribution is -2.20. The van der Waals surface area contributed by atoms with Crippen LogP contribution in [-0.2, 0) is 10.2 Å². The summed E-state index contributed by atoms with van der Waals surface area (Å²) >= 11 is 6.08. The van der Waals surface area contributed by atoms with Crippen molar-refractivity contribution >= 4 is 17.4 Å². The first-order valence-electron chi connectivity index (χ1n) is 4.68. The fraction of sp³-hybridized carbons (Fsp3) is 0.417. The van der Waals surface area contributed by atoms with E-state index in [0.29, 0.717) is 6.42 Å². The third-order valence-electron chi connectivity index (χ3n) is 2.29. The summed E-state index contributed by atoms with van der Waals surface area (Å²) < 4.78 is 0. The first kappa shape index (κ1) is 11.3. The van der Waals surface area contributed by atoms with E-state index >= 15 is 0 Å². The SMILES string of the molecule is CC(=O)CC(C)(C)c1ccccc1Cl. The number of carbonyl (C=O) groups excluding carboxylic acids is 1. The van der Waals surface area contributed by atoms with Gasteiger partial charge in [0, 0.05) is 11.4 Å². The van der Waals surface area contributed by atoms with Crippen LogP contribution in [0, 0.1) is 0 Å². The van der Waals surface area contributed by atoms with Crippen LogP contribution in [0.1, 0.15) is 32.8 Å². The van der Waals surface area contributed by atoms with Gasteiger partial charge < -0.3 is 0 Å². The number of hydrogen-bond donors (Lipinski definition) is 0. The Morgan fingerprint density at radius 1 is 1.36 bits per heavy atom. The second-order valence-electron chi connectivity index (χ2n) is 4.24. The highest BCUT2D eigenvalue weighted by Gasteiger charge is 2.24. The van der Waals surface area contributed by atoms with Gasteiger partial charge in [-0.25, -0.2) is 0 Å². The maximum Gasteiger partial charge on any atom is 0.130 e. The molecular formula is C12H15ClO. The molecule has 0 spiro atoms. The summed E-state index contributed by atoms with van der Waals surface area (Å²) in [6.07, 6.45) is 0.525. The van der Waals surface area contributed by atoms with E-state index in [1.54, 1.807) is 6.92 Å². The zero-order chi connectivity index (χ0) is 10.8. The maximum absolute atomic E-state index is 11.1. The maximum atomic E-state index is 11.1. The van der Waals surface area contributed by atoms with E-state index in [0.717, 1.165) is 10.6 Å². The van der Waals surface area contributed by atoms with Gasteiger partial charge in [-0.15, -0.1) is 0 Å². The molecular weight excluding hydrogens is 196 g/mol. The fourth-order valence-electron chi connectivity index (χ4n) is 1.73. The van der Waals surface area contributed by atoms with E-state index < -0.39 is 0 Å². The van der Waals surface area contributed by atoms with E-state index in [2.05, 4.69) is 0 Å². The number of rotatable bonds is 3. The zero-order valence-corrected chi connectivity index (χ0v) is 9.56. The van der Waals surface area contributed by atoms with Gasteiger partial charge in [0.05, 0.1) is 0 Å². The molecule has 0 unspecified atom stereocenters. The lowest BCUT2D eigenvalue weighted by Gasteiger charge is -2.24. The molecule has 1 aromatic carbocycles. The standard InChI is InChI=1S/C12H15ClO/c1-9(14)8-12(2,3)10-6-4-5-7-11(10)13/h4-7H,8H2,1-3H3. The Morgan fingerprint density at radius 2 is 1.93 bits per heavy atom. The number of ketones is 1. The highest BCUT2D eigenvalue weighted by Crippen LogP contribution is 2.32. The molecule has 0 saturated carbocycles. The molecule has 0 heterocycles. The van der Waals surface area contributed by atoms with Crippen LogP contribution in [0.4, 0.5) is 0 Å². The molecule has 0 aliphatic heterocycles. The molecule has 0 bridgehead atoms. The van der Waals surface area contributed by atoms with Crippen LogP contribution in [0.15, 0.2) is 24.3 Å². The predicted octanol–water partition coefficient (Wildman–Crippen LogP) is 3.60. The summed E-state index contributed by atoms with van der Waals surface area (Å²) in [5, 5.41) is 0.735. The Balaban J connectivity index is 3.03. The molecule has 0 aromatic heterocycles. The van der Waals surface area contributed by atoms with Gasteiger partial charge >= 0.3 is 0 Å². The van der Waals surface area contributed by atoms with Gasteiger partial charge in [-0.05, 0) is 24.0 Å². The monoisotopic (exact) mass is 210 g/mol. The van der Waals surface area contributed by atoms with E-state index in [1.165, 1.54) is 0 Å². The minimum absolute atomic E-state index is 0.176. The molecule has 1 rings (SSSR count). The Bertz CT molecular complexity index is 342. The third kappa shape index (κ3) is 2.58. The van der Waals surface area contributed by atoms with Crippen molar-refractivity contribution in [2.45, 2.75) is 32.6 Å².